The summed E-state index contributed by atoms with van der Waals surface area (Å²) in [6.07, 6.45) is 0.600. The molecule has 0 aliphatic rings. The number of rotatable bonds is 3. The molecule has 0 fully saturated rings. The Labute approximate surface area is 121 Å². The summed E-state index contributed by atoms with van der Waals surface area (Å²) < 4.78 is 20.7. The predicted octanol–water partition coefficient (Wildman–Crippen LogP) is 2.80. The second-order valence-corrected chi connectivity index (χ2v) is 4.81. The first-order valence-corrected chi connectivity index (χ1v) is 6.54. The third-order valence-electron chi connectivity index (χ3n) is 3.63. The van der Waals surface area contributed by atoms with E-state index < -0.39 is 6.10 Å². The third kappa shape index (κ3) is 2.15. The van der Waals surface area contributed by atoms with Gasteiger partial charge >= 0.3 is 0 Å². The molecular formula is C16H15FN2O2. The van der Waals surface area contributed by atoms with E-state index in [0.29, 0.717) is 27.8 Å². The number of hydrogen-bond donors (Lipinski definition) is 1. The summed E-state index contributed by atoms with van der Waals surface area (Å²) in [6.45, 7) is 0. The van der Waals surface area contributed by atoms with Crippen LogP contribution in [0.1, 0.15) is 17.4 Å². The van der Waals surface area contributed by atoms with E-state index in [1.807, 2.05) is 6.07 Å². The maximum Gasteiger partial charge on any atom is 0.162 e. The molecule has 0 saturated carbocycles. The lowest BCUT2D eigenvalue weighted by molar-refractivity contribution is 0.205. The van der Waals surface area contributed by atoms with Gasteiger partial charge in [-0.15, -0.1) is 0 Å². The largest absolute Gasteiger partial charge is 0.493 e. The average Bonchev–Trinajstić information content (AvgIpc) is 2.88. The summed E-state index contributed by atoms with van der Waals surface area (Å²) in [4.78, 5) is 0. The van der Waals surface area contributed by atoms with Crippen molar-refractivity contribution in [2.75, 3.05) is 7.11 Å². The monoisotopic (exact) mass is 286 g/mol. The standard InChI is InChI=1S/C16H15FN2O2/c1-19-15(14(21-2)9-18-19)16(20)12-7-8-13(17)11-6-4-3-5-10(11)12/h3-9,16,20H,1-2H3. The zero-order valence-electron chi connectivity index (χ0n) is 11.7. The fourth-order valence-electron chi connectivity index (χ4n) is 2.57. The summed E-state index contributed by atoms with van der Waals surface area (Å²) in [7, 11) is 3.25. The molecule has 0 aliphatic carbocycles. The van der Waals surface area contributed by atoms with Crippen molar-refractivity contribution in [3.63, 3.8) is 0 Å². The van der Waals surface area contributed by atoms with Crippen LogP contribution in [-0.2, 0) is 7.05 Å². The van der Waals surface area contributed by atoms with Gasteiger partial charge in [0.2, 0.25) is 0 Å². The summed E-state index contributed by atoms with van der Waals surface area (Å²) in [5.74, 6) is 0.192. The minimum atomic E-state index is -0.946. The zero-order chi connectivity index (χ0) is 15.0. The lowest BCUT2D eigenvalue weighted by atomic mass is 9.98. The van der Waals surface area contributed by atoms with Gasteiger partial charge in [0.05, 0.1) is 13.3 Å². The number of aromatic nitrogens is 2. The van der Waals surface area contributed by atoms with Gasteiger partial charge in [-0.2, -0.15) is 5.10 Å². The fraction of sp³-hybridized carbons (Fsp3) is 0.188. The molecule has 0 radical (unpaired) electrons. The van der Waals surface area contributed by atoms with Crippen molar-refractivity contribution in [3.8, 4) is 5.75 Å². The summed E-state index contributed by atoms with van der Waals surface area (Å²) in [5, 5.41) is 15.9. The van der Waals surface area contributed by atoms with Crippen LogP contribution in [-0.4, -0.2) is 22.0 Å². The summed E-state index contributed by atoms with van der Waals surface area (Å²) >= 11 is 0. The molecule has 1 aromatic heterocycles. The molecule has 108 valence electrons. The molecule has 0 amide bonds. The van der Waals surface area contributed by atoms with Crippen LogP contribution >= 0.6 is 0 Å². The molecule has 0 spiro atoms. The van der Waals surface area contributed by atoms with Crippen molar-refractivity contribution in [3.05, 3.63) is 59.7 Å². The number of benzene rings is 2. The van der Waals surface area contributed by atoms with Crippen molar-refractivity contribution in [2.24, 2.45) is 7.05 Å². The highest BCUT2D eigenvalue weighted by molar-refractivity contribution is 5.87. The molecule has 0 aliphatic heterocycles. The van der Waals surface area contributed by atoms with Crippen molar-refractivity contribution >= 4 is 10.8 Å². The smallest absolute Gasteiger partial charge is 0.162 e. The number of fused-ring (bicyclic) bond motifs is 1. The maximum atomic E-state index is 13.9. The molecule has 4 nitrogen and oxygen atoms in total. The van der Waals surface area contributed by atoms with Crippen LogP contribution in [0.2, 0.25) is 0 Å². The normalized spacial score (nSPS) is 12.6. The Morgan fingerprint density at radius 1 is 1.19 bits per heavy atom. The Bertz CT molecular complexity index is 798. The van der Waals surface area contributed by atoms with E-state index in [-0.39, 0.29) is 5.82 Å². The molecule has 1 atom stereocenters. The van der Waals surface area contributed by atoms with E-state index in [9.17, 15) is 9.50 Å². The quantitative estimate of drug-likeness (QED) is 0.805. The third-order valence-corrected chi connectivity index (χ3v) is 3.63. The Morgan fingerprint density at radius 3 is 2.62 bits per heavy atom. The number of halogens is 1. The van der Waals surface area contributed by atoms with Crippen LogP contribution in [0.15, 0.2) is 42.6 Å². The van der Waals surface area contributed by atoms with Gasteiger partial charge in [-0.3, -0.25) is 4.68 Å². The minimum Gasteiger partial charge on any atom is -0.493 e. The van der Waals surface area contributed by atoms with Gasteiger partial charge in [-0.25, -0.2) is 4.39 Å². The van der Waals surface area contributed by atoms with E-state index >= 15 is 0 Å². The summed E-state index contributed by atoms with van der Waals surface area (Å²) in [5.41, 5.74) is 1.16. The predicted molar refractivity (Wildman–Crippen MR) is 77.7 cm³/mol. The Morgan fingerprint density at radius 2 is 1.90 bits per heavy atom. The zero-order valence-corrected chi connectivity index (χ0v) is 11.7. The van der Waals surface area contributed by atoms with Gasteiger partial charge in [-0.1, -0.05) is 30.3 Å². The maximum absolute atomic E-state index is 13.9. The molecule has 1 unspecified atom stereocenters. The number of nitrogens with zero attached hydrogens (tertiary/aromatic N) is 2. The van der Waals surface area contributed by atoms with E-state index in [1.54, 1.807) is 42.2 Å². The lowest BCUT2D eigenvalue weighted by Crippen LogP contribution is -2.08. The second kappa shape index (κ2) is 5.18. The van der Waals surface area contributed by atoms with Crippen molar-refractivity contribution in [1.82, 2.24) is 9.78 Å². The van der Waals surface area contributed by atoms with E-state index in [4.69, 9.17) is 4.74 Å². The van der Waals surface area contributed by atoms with Crippen LogP contribution in [0.5, 0.6) is 5.75 Å². The van der Waals surface area contributed by atoms with Crippen LogP contribution < -0.4 is 4.74 Å². The van der Waals surface area contributed by atoms with Crippen molar-refractivity contribution in [1.29, 1.82) is 0 Å². The number of methoxy groups -OCH3 is 1. The molecule has 2 aromatic carbocycles. The van der Waals surface area contributed by atoms with Crippen molar-refractivity contribution < 1.29 is 14.2 Å². The van der Waals surface area contributed by atoms with E-state index in [0.717, 1.165) is 0 Å². The Kier molecular flexibility index (Phi) is 3.35. The Balaban J connectivity index is 2.21. The molecule has 3 aromatic rings. The van der Waals surface area contributed by atoms with E-state index in [2.05, 4.69) is 5.10 Å². The number of ether oxygens (including phenoxy) is 1. The van der Waals surface area contributed by atoms with Gasteiger partial charge in [0.25, 0.3) is 0 Å². The summed E-state index contributed by atoms with van der Waals surface area (Å²) in [6, 6.07) is 10.0. The Hall–Kier alpha value is -2.40. The highest BCUT2D eigenvalue weighted by Gasteiger charge is 2.22. The molecule has 1 heterocycles. The van der Waals surface area contributed by atoms with Crippen LogP contribution in [0, 0.1) is 5.82 Å². The van der Waals surface area contributed by atoms with Gasteiger partial charge in [0, 0.05) is 12.4 Å². The highest BCUT2D eigenvalue weighted by Crippen LogP contribution is 2.34. The molecular weight excluding hydrogens is 271 g/mol. The molecule has 21 heavy (non-hydrogen) atoms. The average molecular weight is 286 g/mol. The number of aliphatic hydroxyl groups is 1. The number of hydrogen-bond acceptors (Lipinski definition) is 3. The highest BCUT2D eigenvalue weighted by atomic mass is 19.1. The van der Waals surface area contributed by atoms with Crippen LogP contribution in [0.3, 0.4) is 0 Å². The van der Waals surface area contributed by atoms with Gasteiger partial charge < -0.3 is 9.84 Å². The topological polar surface area (TPSA) is 47.3 Å². The number of aliphatic hydroxyl groups excluding tert-OH is 1. The van der Waals surface area contributed by atoms with Crippen LogP contribution in [0.4, 0.5) is 4.39 Å². The van der Waals surface area contributed by atoms with Crippen molar-refractivity contribution in [2.45, 2.75) is 6.10 Å². The number of aryl methyl sites for hydroxylation is 1. The minimum absolute atomic E-state index is 0.307. The second-order valence-electron chi connectivity index (χ2n) is 4.81. The van der Waals surface area contributed by atoms with Gasteiger partial charge in [0.15, 0.2) is 5.75 Å². The molecule has 1 N–H and O–H groups in total. The lowest BCUT2D eigenvalue weighted by Gasteiger charge is -2.16. The molecule has 5 heteroatoms. The van der Waals surface area contributed by atoms with Gasteiger partial charge in [-0.05, 0) is 17.0 Å². The molecule has 3 rings (SSSR count). The molecule has 0 saturated heterocycles. The molecule has 0 bridgehead atoms. The van der Waals surface area contributed by atoms with E-state index in [1.165, 1.54) is 13.2 Å². The fourth-order valence-corrected chi connectivity index (χ4v) is 2.57. The van der Waals surface area contributed by atoms with Crippen LogP contribution in [0.25, 0.3) is 10.8 Å². The van der Waals surface area contributed by atoms with Gasteiger partial charge in [0.1, 0.15) is 17.6 Å². The first kappa shape index (κ1) is 13.6. The first-order valence-electron chi connectivity index (χ1n) is 6.54. The SMILES string of the molecule is COc1cnn(C)c1C(O)c1ccc(F)c2ccccc12. The first-order chi connectivity index (χ1) is 10.1.